The lowest BCUT2D eigenvalue weighted by molar-refractivity contribution is 0.0966. The number of nitrogens with one attached hydrogen (secondary N) is 1. The average molecular weight is 364 g/mol. The van der Waals surface area contributed by atoms with Crippen LogP contribution in [-0.2, 0) is 0 Å². The molecular weight excluding hydrogens is 342 g/mol. The fraction of sp³-hybridized carbons (Fsp3) is 0.278. The highest BCUT2D eigenvalue weighted by atomic mass is 79.9. The van der Waals surface area contributed by atoms with E-state index in [1.54, 1.807) is 18.2 Å². The van der Waals surface area contributed by atoms with Crippen molar-refractivity contribution in [3.63, 3.8) is 0 Å². The summed E-state index contributed by atoms with van der Waals surface area (Å²) in [5, 5.41) is 12.3. The van der Waals surface area contributed by atoms with Crippen LogP contribution >= 0.6 is 15.9 Å². The largest absolute Gasteiger partial charge is 0.392 e. The van der Waals surface area contributed by atoms with Crippen LogP contribution in [0.2, 0.25) is 0 Å². The number of carbonyl (C=O) groups is 1. The number of rotatable bonds is 6. The molecule has 2 N–H and O–H groups in total. The minimum absolute atomic E-state index is 0.196. The minimum Gasteiger partial charge on any atom is -0.392 e. The number of carbonyl (C=O) groups excluding carboxylic acids is 1. The van der Waals surface area contributed by atoms with Crippen molar-refractivity contribution in [2.45, 2.75) is 26.7 Å². The van der Waals surface area contributed by atoms with Gasteiger partial charge in [0.15, 0.2) is 0 Å². The SMILES string of the molecule is C=C/C(NC(=O)c1ccc(C(C)C)cc1)=C(CO)\C(Br)=C/C. The quantitative estimate of drug-likeness (QED) is 0.741. The predicted octanol–water partition coefficient (Wildman–Crippen LogP) is 4.27. The van der Waals surface area contributed by atoms with E-state index in [0.717, 1.165) is 4.48 Å². The third-order valence-electron chi connectivity index (χ3n) is 3.32. The molecule has 0 aliphatic carbocycles. The summed E-state index contributed by atoms with van der Waals surface area (Å²) in [6, 6.07) is 7.50. The van der Waals surface area contributed by atoms with Gasteiger partial charge in [-0.3, -0.25) is 4.79 Å². The van der Waals surface area contributed by atoms with Gasteiger partial charge in [0.05, 0.1) is 6.61 Å². The molecule has 0 saturated heterocycles. The first-order chi connectivity index (χ1) is 10.4. The van der Waals surface area contributed by atoms with Gasteiger partial charge >= 0.3 is 0 Å². The Bertz CT molecular complexity index is 598. The molecule has 4 heteroatoms. The van der Waals surface area contributed by atoms with E-state index in [-0.39, 0.29) is 12.5 Å². The summed E-state index contributed by atoms with van der Waals surface area (Å²) in [4.78, 5) is 12.3. The second-order valence-corrected chi connectivity index (χ2v) is 5.98. The van der Waals surface area contributed by atoms with Gasteiger partial charge in [0, 0.05) is 21.3 Å². The number of aliphatic hydroxyl groups is 1. The van der Waals surface area contributed by atoms with Crippen molar-refractivity contribution in [2.75, 3.05) is 6.61 Å². The van der Waals surface area contributed by atoms with Crippen LogP contribution in [0.15, 0.2) is 58.7 Å². The van der Waals surface area contributed by atoms with Crippen molar-refractivity contribution < 1.29 is 9.90 Å². The third-order valence-corrected chi connectivity index (χ3v) is 4.25. The van der Waals surface area contributed by atoms with E-state index in [0.29, 0.717) is 22.8 Å². The Morgan fingerprint density at radius 3 is 2.36 bits per heavy atom. The maximum absolute atomic E-state index is 12.3. The highest BCUT2D eigenvalue weighted by molar-refractivity contribution is 9.12. The molecular formula is C18H22BrNO2. The fourth-order valence-electron chi connectivity index (χ4n) is 1.93. The van der Waals surface area contributed by atoms with Crippen LogP contribution in [0.1, 0.15) is 42.6 Å². The van der Waals surface area contributed by atoms with Gasteiger partial charge in [-0.25, -0.2) is 0 Å². The molecule has 0 aliphatic rings. The van der Waals surface area contributed by atoms with E-state index in [2.05, 4.69) is 41.7 Å². The van der Waals surface area contributed by atoms with Gasteiger partial charge in [0.2, 0.25) is 0 Å². The lowest BCUT2D eigenvalue weighted by Crippen LogP contribution is -2.24. The summed E-state index contributed by atoms with van der Waals surface area (Å²) in [7, 11) is 0. The number of hydrogen-bond acceptors (Lipinski definition) is 2. The van der Waals surface area contributed by atoms with Gasteiger partial charge < -0.3 is 10.4 Å². The highest BCUT2D eigenvalue weighted by Gasteiger charge is 2.12. The monoisotopic (exact) mass is 363 g/mol. The number of benzene rings is 1. The molecule has 1 rings (SSSR count). The molecule has 0 saturated carbocycles. The Morgan fingerprint density at radius 2 is 1.95 bits per heavy atom. The zero-order valence-electron chi connectivity index (χ0n) is 13.2. The minimum atomic E-state index is -0.229. The predicted molar refractivity (Wildman–Crippen MR) is 95.0 cm³/mol. The van der Waals surface area contributed by atoms with Gasteiger partial charge in [0.25, 0.3) is 5.91 Å². The first-order valence-electron chi connectivity index (χ1n) is 7.14. The van der Waals surface area contributed by atoms with Crippen LogP contribution in [0.5, 0.6) is 0 Å². The Kier molecular flexibility index (Phi) is 7.28. The number of aliphatic hydroxyl groups excluding tert-OH is 1. The van der Waals surface area contributed by atoms with Crippen LogP contribution in [-0.4, -0.2) is 17.6 Å². The van der Waals surface area contributed by atoms with Gasteiger partial charge in [-0.05, 0) is 36.6 Å². The van der Waals surface area contributed by atoms with Gasteiger partial charge in [0.1, 0.15) is 0 Å². The molecule has 1 amide bonds. The molecule has 0 aromatic heterocycles. The van der Waals surface area contributed by atoms with Gasteiger partial charge in [-0.1, -0.05) is 54.6 Å². The van der Waals surface area contributed by atoms with E-state index in [4.69, 9.17) is 0 Å². The average Bonchev–Trinajstić information content (AvgIpc) is 2.53. The molecule has 0 radical (unpaired) electrons. The molecule has 0 heterocycles. The summed E-state index contributed by atoms with van der Waals surface area (Å²) in [5.74, 6) is 0.194. The normalized spacial score (nSPS) is 12.9. The Balaban J connectivity index is 3.03. The first kappa shape index (κ1) is 18.4. The van der Waals surface area contributed by atoms with Crippen molar-refractivity contribution in [3.8, 4) is 0 Å². The van der Waals surface area contributed by atoms with E-state index >= 15 is 0 Å². The summed E-state index contributed by atoms with van der Waals surface area (Å²) < 4.78 is 0.723. The number of amides is 1. The molecule has 0 spiro atoms. The Morgan fingerprint density at radius 1 is 1.36 bits per heavy atom. The van der Waals surface area contributed by atoms with Crippen LogP contribution in [0.25, 0.3) is 0 Å². The van der Waals surface area contributed by atoms with Crippen LogP contribution in [0.3, 0.4) is 0 Å². The van der Waals surface area contributed by atoms with Crippen LogP contribution < -0.4 is 5.32 Å². The molecule has 0 unspecified atom stereocenters. The molecule has 22 heavy (non-hydrogen) atoms. The standard InChI is InChI=1S/C18H22BrNO2/c1-5-16(19)15(11-21)17(6-2)20-18(22)14-9-7-13(8-10-14)12(3)4/h5-10,12,21H,2,11H2,1,3-4H3,(H,20,22)/b16-5+,17-15+. The highest BCUT2D eigenvalue weighted by Crippen LogP contribution is 2.20. The number of allylic oxidation sites excluding steroid dienone is 2. The fourth-order valence-corrected chi connectivity index (χ4v) is 2.27. The van der Waals surface area contributed by atoms with E-state index in [9.17, 15) is 9.90 Å². The second kappa shape index (κ2) is 8.71. The maximum atomic E-state index is 12.3. The number of hydrogen-bond donors (Lipinski definition) is 2. The molecule has 1 aromatic rings. The van der Waals surface area contributed by atoms with Gasteiger partial charge in [-0.15, -0.1) is 0 Å². The maximum Gasteiger partial charge on any atom is 0.255 e. The molecule has 3 nitrogen and oxygen atoms in total. The van der Waals surface area contributed by atoms with Crippen LogP contribution in [0, 0.1) is 0 Å². The smallest absolute Gasteiger partial charge is 0.255 e. The van der Waals surface area contributed by atoms with Crippen molar-refractivity contribution in [1.82, 2.24) is 5.32 Å². The van der Waals surface area contributed by atoms with E-state index < -0.39 is 0 Å². The number of halogens is 1. The Hall–Kier alpha value is -1.65. The van der Waals surface area contributed by atoms with E-state index in [1.165, 1.54) is 11.6 Å². The molecule has 0 aliphatic heterocycles. The molecule has 1 aromatic carbocycles. The van der Waals surface area contributed by atoms with E-state index in [1.807, 2.05) is 19.1 Å². The summed E-state index contributed by atoms with van der Waals surface area (Å²) in [6.45, 7) is 9.56. The zero-order valence-corrected chi connectivity index (χ0v) is 14.8. The Labute approximate surface area is 140 Å². The lowest BCUT2D eigenvalue weighted by Gasteiger charge is -2.12. The van der Waals surface area contributed by atoms with Gasteiger partial charge in [-0.2, -0.15) is 0 Å². The summed E-state index contributed by atoms with van der Waals surface area (Å²) in [5.41, 5.74) is 2.83. The van der Waals surface area contributed by atoms with Crippen molar-refractivity contribution >= 4 is 21.8 Å². The van der Waals surface area contributed by atoms with Crippen LogP contribution in [0.4, 0.5) is 0 Å². The molecule has 0 atom stereocenters. The van der Waals surface area contributed by atoms with Crippen molar-refractivity contribution in [1.29, 1.82) is 0 Å². The summed E-state index contributed by atoms with van der Waals surface area (Å²) >= 11 is 3.36. The van der Waals surface area contributed by atoms with Crippen molar-refractivity contribution in [3.05, 3.63) is 69.9 Å². The topological polar surface area (TPSA) is 49.3 Å². The second-order valence-electron chi connectivity index (χ2n) is 5.12. The molecule has 118 valence electrons. The molecule has 0 fully saturated rings. The zero-order chi connectivity index (χ0) is 16.7. The van der Waals surface area contributed by atoms with Crippen molar-refractivity contribution in [2.24, 2.45) is 0 Å². The summed E-state index contributed by atoms with van der Waals surface area (Å²) in [6.07, 6.45) is 3.33. The third kappa shape index (κ3) is 4.68. The lowest BCUT2D eigenvalue weighted by atomic mass is 10.0. The first-order valence-corrected chi connectivity index (χ1v) is 7.93. The molecule has 0 bridgehead atoms.